The number of aromatic carboxylic acids is 1. The van der Waals surface area contributed by atoms with Gasteiger partial charge in [0.25, 0.3) is 0 Å². The fraction of sp³-hybridized carbons (Fsp3) is 0.636. The summed E-state index contributed by atoms with van der Waals surface area (Å²) in [4.78, 5) is 15.7. The molecule has 1 aromatic heterocycles. The average Bonchev–Trinajstić information content (AvgIpc) is 2.62. The molecule has 0 atom stereocenters. The maximum absolute atomic E-state index is 11.1. The van der Waals surface area contributed by atoms with Gasteiger partial charge in [-0.2, -0.15) is 0 Å². The van der Waals surface area contributed by atoms with Gasteiger partial charge in [-0.3, -0.25) is 0 Å². The van der Waals surface area contributed by atoms with Crippen LogP contribution >= 0.6 is 11.3 Å². The van der Waals surface area contributed by atoms with Gasteiger partial charge in [-0.25, -0.2) is 9.78 Å². The fourth-order valence-corrected chi connectivity index (χ4v) is 3.08. The zero-order valence-electron chi connectivity index (χ0n) is 9.86. The fourth-order valence-electron chi connectivity index (χ4n) is 1.95. The van der Waals surface area contributed by atoms with Crippen molar-refractivity contribution in [3.8, 4) is 0 Å². The Morgan fingerprint density at radius 1 is 1.53 bits per heavy atom. The number of methoxy groups -OCH3 is 2. The summed E-state index contributed by atoms with van der Waals surface area (Å²) in [6.45, 7) is 0.220. The average molecular weight is 257 g/mol. The molecule has 1 aliphatic rings. The van der Waals surface area contributed by atoms with Crippen LogP contribution in [-0.4, -0.2) is 30.3 Å². The van der Waals surface area contributed by atoms with Gasteiger partial charge in [0.2, 0.25) is 0 Å². The number of carboxylic acid groups (broad SMARTS) is 1. The highest BCUT2D eigenvalue weighted by Gasteiger charge is 2.42. The minimum Gasteiger partial charge on any atom is -0.477 e. The topological polar surface area (TPSA) is 68.7 Å². The van der Waals surface area contributed by atoms with E-state index in [0.29, 0.717) is 5.69 Å². The standard InChI is InChI=1S/C11H15NO4S/c1-15-6-7-8(9(13)14)17-10(12-7)11(16-2)4-3-5-11/h3-6H2,1-2H3,(H,13,14). The largest absolute Gasteiger partial charge is 0.477 e. The van der Waals surface area contributed by atoms with E-state index in [-0.39, 0.29) is 17.1 Å². The van der Waals surface area contributed by atoms with Crippen molar-refractivity contribution >= 4 is 17.3 Å². The molecule has 17 heavy (non-hydrogen) atoms. The Kier molecular flexibility index (Phi) is 3.46. The third-order valence-electron chi connectivity index (χ3n) is 3.11. The monoisotopic (exact) mass is 257 g/mol. The summed E-state index contributed by atoms with van der Waals surface area (Å²) in [5.74, 6) is -0.952. The minimum atomic E-state index is -0.952. The van der Waals surface area contributed by atoms with Crippen LogP contribution in [0.25, 0.3) is 0 Å². The van der Waals surface area contributed by atoms with Crippen molar-refractivity contribution in [1.29, 1.82) is 0 Å². The number of rotatable bonds is 5. The van der Waals surface area contributed by atoms with Crippen LogP contribution in [0.3, 0.4) is 0 Å². The van der Waals surface area contributed by atoms with Gasteiger partial charge < -0.3 is 14.6 Å². The Morgan fingerprint density at radius 2 is 2.24 bits per heavy atom. The van der Waals surface area contributed by atoms with Gasteiger partial charge in [-0.15, -0.1) is 11.3 Å². The number of ether oxygens (including phenoxy) is 2. The van der Waals surface area contributed by atoms with Crippen molar-refractivity contribution in [3.63, 3.8) is 0 Å². The number of nitrogens with zero attached hydrogens (tertiary/aromatic N) is 1. The van der Waals surface area contributed by atoms with E-state index in [1.807, 2.05) is 0 Å². The van der Waals surface area contributed by atoms with Crippen molar-refractivity contribution in [3.05, 3.63) is 15.6 Å². The van der Waals surface area contributed by atoms with E-state index in [0.717, 1.165) is 24.3 Å². The molecular formula is C11H15NO4S. The smallest absolute Gasteiger partial charge is 0.347 e. The highest BCUT2D eigenvalue weighted by molar-refractivity contribution is 7.13. The molecule has 0 radical (unpaired) electrons. The van der Waals surface area contributed by atoms with Crippen LogP contribution in [0, 0.1) is 0 Å². The molecule has 1 aliphatic carbocycles. The van der Waals surface area contributed by atoms with Gasteiger partial charge >= 0.3 is 5.97 Å². The zero-order valence-corrected chi connectivity index (χ0v) is 10.7. The van der Waals surface area contributed by atoms with E-state index < -0.39 is 5.97 Å². The number of aromatic nitrogens is 1. The van der Waals surface area contributed by atoms with E-state index in [9.17, 15) is 4.79 Å². The summed E-state index contributed by atoms with van der Waals surface area (Å²) in [5.41, 5.74) is 0.129. The van der Waals surface area contributed by atoms with E-state index in [1.54, 1.807) is 7.11 Å². The van der Waals surface area contributed by atoms with Crippen molar-refractivity contribution in [2.24, 2.45) is 0 Å². The highest BCUT2D eigenvalue weighted by Crippen LogP contribution is 2.46. The second-order valence-electron chi connectivity index (χ2n) is 4.08. The van der Waals surface area contributed by atoms with Gasteiger partial charge in [-0.1, -0.05) is 0 Å². The van der Waals surface area contributed by atoms with Crippen LogP contribution in [0.4, 0.5) is 0 Å². The number of hydrogen-bond donors (Lipinski definition) is 1. The summed E-state index contributed by atoms with van der Waals surface area (Å²) >= 11 is 1.20. The first kappa shape index (κ1) is 12.5. The summed E-state index contributed by atoms with van der Waals surface area (Å²) in [5, 5.41) is 9.87. The minimum absolute atomic E-state index is 0.220. The van der Waals surface area contributed by atoms with Gasteiger partial charge in [0.05, 0.1) is 12.3 Å². The summed E-state index contributed by atoms with van der Waals surface area (Å²) in [6.07, 6.45) is 2.90. The molecule has 1 heterocycles. The van der Waals surface area contributed by atoms with Crippen LogP contribution in [-0.2, 0) is 21.7 Å². The maximum Gasteiger partial charge on any atom is 0.347 e. The van der Waals surface area contributed by atoms with E-state index in [4.69, 9.17) is 14.6 Å². The highest BCUT2D eigenvalue weighted by atomic mass is 32.1. The third-order valence-corrected chi connectivity index (χ3v) is 4.39. The third kappa shape index (κ3) is 2.08. The van der Waals surface area contributed by atoms with E-state index in [1.165, 1.54) is 18.4 Å². The summed E-state index contributed by atoms with van der Waals surface area (Å²) in [6, 6.07) is 0. The Hall–Kier alpha value is -0.980. The first-order valence-electron chi connectivity index (χ1n) is 5.40. The molecule has 5 nitrogen and oxygen atoms in total. The quantitative estimate of drug-likeness (QED) is 0.874. The predicted molar refractivity (Wildman–Crippen MR) is 62.3 cm³/mol. The van der Waals surface area contributed by atoms with E-state index >= 15 is 0 Å². The maximum atomic E-state index is 11.1. The molecule has 2 rings (SSSR count). The van der Waals surface area contributed by atoms with Gasteiger partial charge in [-0.05, 0) is 19.3 Å². The normalized spacial score (nSPS) is 17.8. The molecule has 0 bridgehead atoms. The lowest BCUT2D eigenvalue weighted by atomic mass is 9.80. The van der Waals surface area contributed by atoms with Crippen LogP contribution < -0.4 is 0 Å². The predicted octanol–water partition coefficient (Wildman–Crippen LogP) is 2.01. The van der Waals surface area contributed by atoms with E-state index in [2.05, 4.69) is 4.98 Å². The summed E-state index contributed by atoms with van der Waals surface area (Å²) < 4.78 is 10.5. The van der Waals surface area contributed by atoms with Crippen LogP contribution in [0.15, 0.2) is 0 Å². The molecule has 0 aliphatic heterocycles. The Morgan fingerprint density at radius 3 is 2.65 bits per heavy atom. The molecule has 1 saturated carbocycles. The second-order valence-corrected chi connectivity index (χ2v) is 5.08. The van der Waals surface area contributed by atoms with Crippen molar-refractivity contribution < 1.29 is 19.4 Å². The number of thiazole rings is 1. The molecule has 0 aromatic carbocycles. The first-order chi connectivity index (χ1) is 8.13. The Bertz CT molecular complexity index is 420. The SMILES string of the molecule is COCc1nc(C2(OC)CCC2)sc1C(=O)O. The Balaban J connectivity index is 2.36. The molecule has 0 spiro atoms. The lowest BCUT2D eigenvalue weighted by molar-refractivity contribution is -0.0781. The van der Waals surface area contributed by atoms with Crippen molar-refractivity contribution in [2.45, 2.75) is 31.5 Å². The molecule has 1 fully saturated rings. The van der Waals surface area contributed by atoms with Gasteiger partial charge in [0.1, 0.15) is 15.5 Å². The number of hydrogen-bond acceptors (Lipinski definition) is 5. The Labute approximate surface area is 103 Å². The van der Waals surface area contributed by atoms with Crippen molar-refractivity contribution in [1.82, 2.24) is 4.98 Å². The zero-order chi connectivity index (χ0) is 12.5. The molecule has 94 valence electrons. The van der Waals surface area contributed by atoms with Crippen LogP contribution in [0.2, 0.25) is 0 Å². The van der Waals surface area contributed by atoms with Gasteiger partial charge in [0.15, 0.2) is 0 Å². The molecular weight excluding hydrogens is 242 g/mol. The number of carbonyl (C=O) groups is 1. The lowest BCUT2D eigenvalue weighted by Crippen LogP contribution is -2.35. The molecule has 1 aromatic rings. The molecule has 0 unspecified atom stereocenters. The molecule has 6 heteroatoms. The second kappa shape index (κ2) is 4.72. The van der Waals surface area contributed by atoms with Crippen LogP contribution in [0.1, 0.15) is 39.6 Å². The lowest BCUT2D eigenvalue weighted by Gasteiger charge is -2.38. The van der Waals surface area contributed by atoms with Crippen LogP contribution in [0.5, 0.6) is 0 Å². The molecule has 1 N–H and O–H groups in total. The van der Waals surface area contributed by atoms with Crippen molar-refractivity contribution in [2.75, 3.05) is 14.2 Å². The molecule has 0 amide bonds. The molecule has 0 saturated heterocycles. The number of carboxylic acids is 1. The summed E-state index contributed by atoms with van der Waals surface area (Å²) in [7, 11) is 3.18. The first-order valence-corrected chi connectivity index (χ1v) is 6.22. The van der Waals surface area contributed by atoms with Gasteiger partial charge in [0, 0.05) is 14.2 Å².